The molecule has 4 rings (SSSR count). The van der Waals surface area contributed by atoms with Gasteiger partial charge in [0.2, 0.25) is 17.7 Å². The molecule has 0 spiro atoms. The molecule has 2 saturated heterocycles. The average Bonchev–Trinajstić information content (AvgIpc) is 3.60. The lowest BCUT2D eigenvalue weighted by Crippen LogP contribution is -2.56. The number of hydrogen-bond donors (Lipinski definition) is 3. The highest BCUT2D eigenvalue weighted by Crippen LogP contribution is 2.26. The lowest BCUT2D eigenvalue weighted by molar-refractivity contribution is -0.130. The Morgan fingerprint density at radius 3 is 2.62 bits per heavy atom. The third-order valence-corrected chi connectivity index (χ3v) is 9.02. The summed E-state index contributed by atoms with van der Waals surface area (Å²) in [4.78, 5) is 46.2. The maximum absolute atomic E-state index is 13.7. The number of ether oxygens (including phenoxy) is 1. The Morgan fingerprint density at radius 2 is 1.90 bits per heavy atom. The van der Waals surface area contributed by atoms with Crippen LogP contribution in [-0.2, 0) is 25.5 Å². The van der Waals surface area contributed by atoms with Gasteiger partial charge in [-0.25, -0.2) is 4.98 Å². The van der Waals surface area contributed by atoms with Gasteiger partial charge in [0.1, 0.15) is 6.04 Å². The Balaban J connectivity index is 1.44. The molecule has 2 aliphatic heterocycles. The third kappa shape index (κ3) is 8.86. The minimum absolute atomic E-state index is 0.000793. The summed E-state index contributed by atoms with van der Waals surface area (Å²) in [6.45, 7) is 8.33. The van der Waals surface area contributed by atoms with E-state index < -0.39 is 6.04 Å². The number of likely N-dealkylation sites (tertiary alicyclic amines) is 1. The molecular formula is C29H42ClN5O4S. The van der Waals surface area contributed by atoms with Gasteiger partial charge < -0.3 is 25.6 Å². The molecule has 1 unspecified atom stereocenters. The van der Waals surface area contributed by atoms with E-state index in [1.807, 2.05) is 26.0 Å². The Hall–Kier alpha value is -2.27. The molecule has 2 aromatic rings. The highest BCUT2D eigenvalue weighted by molar-refractivity contribution is 7.18. The molecule has 40 heavy (non-hydrogen) atoms. The summed E-state index contributed by atoms with van der Waals surface area (Å²) in [6.07, 6.45) is 5.28. The first-order valence-electron chi connectivity index (χ1n) is 14.5. The molecular weight excluding hydrogens is 550 g/mol. The van der Waals surface area contributed by atoms with Crippen LogP contribution in [0, 0.1) is 11.8 Å². The summed E-state index contributed by atoms with van der Waals surface area (Å²) >= 11 is 7.62. The first-order valence-corrected chi connectivity index (χ1v) is 15.7. The molecule has 0 saturated carbocycles. The number of nitrogens with zero attached hydrogens (tertiary/aromatic N) is 2. The summed E-state index contributed by atoms with van der Waals surface area (Å²) in [5.41, 5.74) is 0.814. The van der Waals surface area contributed by atoms with Crippen molar-refractivity contribution in [2.24, 2.45) is 11.8 Å². The second-order valence-corrected chi connectivity index (χ2v) is 12.6. The van der Waals surface area contributed by atoms with Crippen LogP contribution in [0.25, 0.3) is 10.2 Å². The van der Waals surface area contributed by atoms with Gasteiger partial charge in [-0.1, -0.05) is 25.4 Å². The Bertz CT molecular complexity index is 1150. The van der Waals surface area contributed by atoms with Crippen molar-refractivity contribution in [3.8, 4) is 0 Å². The number of carbonyl (C=O) groups excluding carboxylic acids is 3. The van der Waals surface area contributed by atoms with Crippen LogP contribution >= 0.6 is 22.9 Å². The first kappa shape index (κ1) is 30.7. The molecule has 3 amide bonds. The second-order valence-electron chi connectivity index (χ2n) is 11.0. The molecule has 2 aliphatic rings. The van der Waals surface area contributed by atoms with Crippen molar-refractivity contribution in [1.29, 1.82) is 0 Å². The first-order chi connectivity index (χ1) is 19.3. The van der Waals surface area contributed by atoms with Crippen LogP contribution < -0.4 is 16.0 Å². The van der Waals surface area contributed by atoms with E-state index in [1.54, 1.807) is 6.07 Å². The van der Waals surface area contributed by atoms with Gasteiger partial charge >= 0.3 is 0 Å². The Kier molecular flexibility index (Phi) is 11.6. The van der Waals surface area contributed by atoms with Crippen molar-refractivity contribution in [3.63, 3.8) is 0 Å². The van der Waals surface area contributed by atoms with Gasteiger partial charge in [0.15, 0.2) is 0 Å². The summed E-state index contributed by atoms with van der Waals surface area (Å²) in [6, 6.07) is 4.47. The molecule has 9 nitrogen and oxygen atoms in total. The molecule has 2 fully saturated rings. The Labute approximate surface area is 245 Å². The highest BCUT2D eigenvalue weighted by atomic mass is 35.5. The SMILES string of the molecule is CCCC(=O)N[C@@H](Cc1nc2ccc(Cl)cc2s1)C(=O)N[C@H](CNC(=O)C(C)CN1CCCC1)C1CCOCC1. The highest BCUT2D eigenvalue weighted by Gasteiger charge is 2.31. The number of halogens is 1. The standard InChI is InChI=1S/C29H42ClN5O4S/c1-3-6-26(36)32-23(16-27-33-22-8-7-21(30)15-25(22)40-27)29(38)34-24(20-9-13-39-14-10-20)17-31-28(37)19(2)18-35-11-4-5-12-35/h7-8,15,19-20,23-24H,3-6,9-14,16-18H2,1-2H3,(H,31,37)(H,32,36)(H,34,38)/t19?,23-,24+/m0/s1. The van der Waals surface area contributed by atoms with Gasteiger partial charge in [-0.05, 0) is 69.3 Å². The molecule has 0 radical (unpaired) electrons. The predicted molar refractivity (Wildman–Crippen MR) is 158 cm³/mol. The van der Waals surface area contributed by atoms with E-state index in [2.05, 4.69) is 25.8 Å². The maximum atomic E-state index is 13.7. The van der Waals surface area contributed by atoms with Crippen LogP contribution in [0.5, 0.6) is 0 Å². The van der Waals surface area contributed by atoms with Crippen molar-refractivity contribution in [3.05, 3.63) is 28.2 Å². The van der Waals surface area contributed by atoms with E-state index in [1.165, 1.54) is 24.2 Å². The van der Waals surface area contributed by atoms with E-state index in [9.17, 15) is 14.4 Å². The van der Waals surface area contributed by atoms with Crippen LogP contribution in [0.2, 0.25) is 5.02 Å². The fourth-order valence-electron chi connectivity index (χ4n) is 5.47. The average molecular weight is 592 g/mol. The normalized spacial score (nSPS) is 18.8. The van der Waals surface area contributed by atoms with Crippen molar-refractivity contribution in [1.82, 2.24) is 25.8 Å². The zero-order valence-electron chi connectivity index (χ0n) is 23.5. The predicted octanol–water partition coefficient (Wildman–Crippen LogP) is 3.54. The minimum atomic E-state index is -0.776. The quantitative estimate of drug-likeness (QED) is 0.328. The number of thiazole rings is 1. The van der Waals surface area contributed by atoms with Crippen LogP contribution in [0.4, 0.5) is 0 Å². The fraction of sp³-hybridized carbons (Fsp3) is 0.655. The van der Waals surface area contributed by atoms with E-state index in [0.717, 1.165) is 47.7 Å². The molecule has 3 atom stereocenters. The van der Waals surface area contributed by atoms with Gasteiger partial charge in [0, 0.05) is 56.1 Å². The molecule has 1 aromatic carbocycles. The van der Waals surface area contributed by atoms with Gasteiger partial charge in [0.05, 0.1) is 15.2 Å². The molecule has 3 N–H and O–H groups in total. The van der Waals surface area contributed by atoms with Crippen molar-refractivity contribution in [2.45, 2.75) is 70.9 Å². The minimum Gasteiger partial charge on any atom is -0.381 e. The zero-order valence-corrected chi connectivity index (χ0v) is 25.1. The molecule has 220 valence electrons. The van der Waals surface area contributed by atoms with Gasteiger partial charge in [-0.15, -0.1) is 11.3 Å². The molecule has 0 bridgehead atoms. The smallest absolute Gasteiger partial charge is 0.243 e. The molecule has 11 heteroatoms. The number of nitrogens with one attached hydrogen (secondary N) is 3. The number of carbonyl (C=O) groups is 3. The molecule has 0 aliphatic carbocycles. The van der Waals surface area contributed by atoms with Gasteiger partial charge in [-0.2, -0.15) is 0 Å². The van der Waals surface area contributed by atoms with Crippen LogP contribution in [0.3, 0.4) is 0 Å². The van der Waals surface area contributed by atoms with Crippen LogP contribution in [0.1, 0.15) is 57.4 Å². The summed E-state index contributed by atoms with van der Waals surface area (Å²) in [5, 5.41) is 10.6. The number of fused-ring (bicyclic) bond motifs is 1. The topological polar surface area (TPSA) is 113 Å². The number of rotatable bonds is 13. The molecule has 3 heterocycles. The van der Waals surface area contributed by atoms with E-state index in [-0.39, 0.29) is 42.0 Å². The number of aromatic nitrogens is 1. The second kappa shape index (κ2) is 15.1. The summed E-state index contributed by atoms with van der Waals surface area (Å²) in [5.74, 6) is -0.392. The zero-order chi connectivity index (χ0) is 28.5. The lowest BCUT2D eigenvalue weighted by Gasteiger charge is -2.32. The largest absolute Gasteiger partial charge is 0.381 e. The lowest BCUT2D eigenvalue weighted by atomic mass is 9.91. The van der Waals surface area contributed by atoms with Crippen molar-refractivity contribution in [2.75, 3.05) is 39.4 Å². The third-order valence-electron chi connectivity index (χ3n) is 7.74. The summed E-state index contributed by atoms with van der Waals surface area (Å²) < 4.78 is 6.49. The fourth-order valence-corrected chi connectivity index (χ4v) is 6.76. The maximum Gasteiger partial charge on any atom is 0.243 e. The monoisotopic (exact) mass is 591 g/mol. The van der Waals surface area contributed by atoms with E-state index in [4.69, 9.17) is 16.3 Å². The number of amides is 3. The Morgan fingerprint density at radius 1 is 1.15 bits per heavy atom. The number of hydrogen-bond acceptors (Lipinski definition) is 7. The molecule has 1 aromatic heterocycles. The van der Waals surface area contributed by atoms with Gasteiger partial charge in [0.25, 0.3) is 0 Å². The van der Waals surface area contributed by atoms with Crippen molar-refractivity contribution < 1.29 is 19.1 Å². The van der Waals surface area contributed by atoms with Crippen LogP contribution in [0.15, 0.2) is 18.2 Å². The van der Waals surface area contributed by atoms with E-state index >= 15 is 0 Å². The van der Waals surface area contributed by atoms with E-state index in [0.29, 0.717) is 37.6 Å². The van der Waals surface area contributed by atoms with Crippen molar-refractivity contribution >= 4 is 50.9 Å². The number of benzene rings is 1. The summed E-state index contributed by atoms with van der Waals surface area (Å²) in [7, 11) is 0. The van der Waals surface area contributed by atoms with Crippen LogP contribution in [-0.4, -0.2) is 79.1 Å². The van der Waals surface area contributed by atoms with Gasteiger partial charge in [-0.3, -0.25) is 14.4 Å².